The molecule has 6 heteroatoms. The molecule has 1 aromatic carbocycles. The highest BCUT2D eigenvalue weighted by Crippen LogP contribution is 2.33. The summed E-state index contributed by atoms with van der Waals surface area (Å²) in [4.78, 5) is 11.5. The number of hydrogen-bond donors (Lipinski definition) is 2. The van der Waals surface area contributed by atoms with Crippen molar-refractivity contribution in [2.45, 2.75) is 32.5 Å². The Morgan fingerprint density at radius 3 is 2.56 bits per heavy atom. The zero-order valence-electron chi connectivity index (χ0n) is 10.1. The summed E-state index contributed by atoms with van der Waals surface area (Å²) in [5.74, 6) is -0.491. The number of anilines is 1. The lowest BCUT2D eigenvalue weighted by molar-refractivity contribution is -0.138. The molecule has 1 atom stereocenters. The van der Waals surface area contributed by atoms with E-state index in [1.54, 1.807) is 6.92 Å². The molecular formula is C12H15F3N2O. The quantitative estimate of drug-likeness (QED) is 0.877. The van der Waals surface area contributed by atoms with E-state index in [1.165, 1.54) is 19.1 Å². The minimum absolute atomic E-state index is 0.0989. The molecule has 0 fully saturated rings. The number of carbonyl (C=O) groups is 1. The van der Waals surface area contributed by atoms with Crippen LogP contribution in [0.15, 0.2) is 18.2 Å². The zero-order valence-corrected chi connectivity index (χ0v) is 10.1. The van der Waals surface area contributed by atoms with Gasteiger partial charge in [-0.3, -0.25) is 4.79 Å². The molecule has 0 aliphatic rings. The average molecular weight is 260 g/mol. The van der Waals surface area contributed by atoms with Crippen molar-refractivity contribution in [2.75, 3.05) is 5.32 Å². The second-order valence-electron chi connectivity index (χ2n) is 4.03. The van der Waals surface area contributed by atoms with Crippen molar-refractivity contribution in [3.63, 3.8) is 0 Å². The molecule has 0 radical (unpaired) electrons. The van der Waals surface area contributed by atoms with Crippen molar-refractivity contribution in [3.8, 4) is 0 Å². The highest BCUT2D eigenvalue weighted by atomic mass is 19.4. The SMILES string of the molecule is CC[C@@H](N)C(=O)Nc1ccc(C)c(C(F)(F)F)c1. The van der Waals surface area contributed by atoms with Crippen LogP contribution >= 0.6 is 0 Å². The first-order valence-electron chi connectivity index (χ1n) is 5.50. The second kappa shape index (κ2) is 5.39. The Morgan fingerprint density at radius 2 is 2.06 bits per heavy atom. The summed E-state index contributed by atoms with van der Waals surface area (Å²) in [6.45, 7) is 3.09. The molecule has 1 amide bonds. The van der Waals surface area contributed by atoms with Gasteiger partial charge in [0.15, 0.2) is 0 Å². The minimum atomic E-state index is -4.43. The molecule has 0 spiro atoms. The molecule has 0 aromatic heterocycles. The summed E-state index contributed by atoms with van der Waals surface area (Å²) in [5.41, 5.74) is 4.94. The van der Waals surface area contributed by atoms with E-state index in [-0.39, 0.29) is 11.3 Å². The molecule has 0 aliphatic heterocycles. The largest absolute Gasteiger partial charge is 0.416 e. The maximum atomic E-state index is 12.7. The van der Waals surface area contributed by atoms with Crippen LogP contribution in [0, 0.1) is 6.92 Å². The van der Waals surface area contributed by atoms with Crippen LogP contribution < -0.4 is 11.1 Å². The van der Waals surface area contributed by atoms with Gasteiger partial charge in [-0.1, -0.05) is 13.0 Å². The topological polar surface area (TPSA) is 55.1 Å². The fourth-order valence-corrected chi connectivity index (χ4v) is 1.43. The number of aryl methyl sites for hydroxylation is 1. The van der Waals surface area contributed by atoms with Crippen molar-refractivity contribution >= 4 is 11.6 Å². The van der Waals surface area contributed by atoms with Crippen LogP contribution in [0.2, 0.25) is 0 Å². The lowest BCUT2D eigenvalue weighted by Gasteiger charge is -2.14. The average Bonchev–Trinajstić information content (AvgIpc) is 2.29. The number of nitrogens with one attached hydrogen (secondary N) is 1. The molecular weight excluding hydrogens is 245 g/mol. The number of benzene rings is 1. The smallest absolute Gasteiger partial charge is 0.325 e. The molecule has 3 nitrogen and oxygen atoms in total. The number of nitrogens with two attached hydrogens (primary N) is 1. The molecule has 1 rings (SSSR count). The molecule has 0 bridgehead atoms. The van der Waals surface area contributed by atoms with Gasteiger partial charge in [0.05, 0.1) is 11.6 Å². The van der Waals surface area contributed by atoms with Gasteiger partial charge in [0.25, 0.3) is 0 Å². The van der Waals surface area contributed by atoms with Crippen LogP contribution in [0.1, 0.15) is 24.5 Å². The van der Waals surface area contributed by atoms with Crippen LogP contribution in [0.5, 0.6) is 0 Å². The van der Waals surface area contributed by atoms with E-state index in [1.807, 2.05) is 0 Å². The standard InChI is InChI=1S/C12H15F3N2O/c1-3-10(16)11(18)17-8-5-4-7(2)9(6-8)12(13,14)15/h4-6,10H,3,16H2,1-2H3,(H,17,18)/t10-/m1/s1. The Labute approximate surface area is 103 Å². The molecule has 0 aliphatic carbocycles. The van der Waals surface area contributed by atoms with Crippen LogP contribution in [-0.2, 0) is 11.0 Å². The number of rotatable bonds is 3. The van der Waals surface area contributed by atoms with Crippen molar-refractivity contribution in [2.24, 2.45) is 5.73 Å². The Morgan fingerprint density at radius 1 is 1.44 bits per heavy atom. The van der Waals surface area contributed by atoms with Crippen molar-refractivity contribution < 1.29 is 18.0 Å². The molecule has 0 saturated heterocycles. The number of carbonyl (C=O) groups excluding carboxylic acids is 1. The van der Waals surface area contributed by atoms with Gasteiger partial charge in [-0.25, -0.2) is 0 Å². The third-order valence-electron chi connectivity index (χ3n) is 2.59. The van der Waals surface area contributed by atoms with E-state index in [0.717, 1.165) is 6.07 Å². The fraction of sp³-hybridized carbons (Fsp3) is 0.417. The Kier molecular flexibility index (Phi) is 4.34. The minimum Gasteiger partial charge on any atom is -0.325 e. The van der Waals surface area contributed by atoms with Gasteiger partial charge < -0.3 is 11.1 Å². The number of alkyl halides is 3. The molecule has 0 saturated carbocycles. The third-order valence-corrected chi connectivity index (χ3v) is 2.59. The first-order chi connectivity index (χ1) is 8.25. The number of halogens is 3. The van der Waals surface area contributed by atoms with E-state index < -0.39 is 23.7 Å². The summed E-state index contributed by atoms with van der Waals surface area (Å²) in [5, 5.41) is 2.37. The molecule has 0 unspecified atom stereocenters. The molecule has 0 heterocycles. The van der Waals surface area contributed by atoms with Gasteiger partial charge >= 0.3 is 6.18 Å². The van der Waals surface area contributed by atoms with Crippen molar-refractivity contribution in [1.29, 1.82) is 0 Å². The van der Waals surface area contributed by atoms with E-state index in [0.29, 0.717) is 6.42 Å². The Hall–Kier alpha value is -1.56. The first kappa shape index (κ1) is 14.5. The fourth-order valence-electron chi connectivity index (χ4n) is 1.43. The van der Waals surface area contributed by atoms with E-state index in [2.05, 4.69) is 5.32 Å². The monoisotopic (exact) mass is 260 g/mol. The number of hydrogen-bond acceptors (Lipinski definition) is 2. The predicted octanol–water partition coefficient (Wildman–Crippen LogP) is 2.69. The summed E-state index contributed by atoms with van der Waals surface area (Å²) in [6.07, 6.45) is -4.01. The van der Waals surface area contributed by atoms with Gasteiger partial charge in [-0.2, -0.15) is 13.2 Å². The van der Waals surface area contributed by atoms with Gasteiger partial charge in [0.1, 0.15) is 0 Å². The molecule has 100 valence electrons. The van der Waals surface area contributed by atoms with E-state index >= 15 is 0 Å². The predicted molar refractivity (Wildman–Crippen MR) is 63.1 cm³/mol. The van der Waals surface area contributed by atoms with Gasteiger partial charge in [-0.15, -0.1) is 0 Å². The molecule has 3 N–H and O–H groups in total. The van der Waals surface area contributed by atoms with Gasteiger partial charge in [0.2, 0.25) is 5.91 Å². The van der Waals surface area contributed by atoms with E-state index in [4.69, 9.17) is 5.73 Å². The highest BCUT2D eigenvalue weighted by Gasteiger charge is 2.32. The maximum Gasteiger partial charge on any atom is 0.416 e. The van der Waals surface area contributed by atoms with Crippen molar-refractivity contribution in [1.82, 2.24) is 0 Å². The highest BCUT2D eigenvalue weighted by molar-refractivity contribution is 5.94. The van der Waals surface area contributed by atoms with Crippen LogP contribution in [0.4, 0.5) is 18.9 Å². The summed E-state index contributed by atoms with van der Waals surface area (Å²) in [6, 6.07) is 2.93. The van der Waals surface area contributed by atoms with E-state index in [9.17, 15) is 18.0 Å². The van der Waals surface area contributed by atoms with Gasteiger partial charge in [0, 0.05) is 5.69 Å². The first-order valence-corrected chi connectivity index (χ1v) is 5.50. The van der Waals surface area contributed by atoms with Crippen LogP contribution in [-0.4, -0.2) is 11.9 Å². The maximum absolute atomic E-state index is 12.7. The zero-order chi connectivity index (χ0) is 13.9. The normalized spacial score (nSPS) is 13.2. The Balaban J connectivity index is 2.96. The van der Waals surface area contributed by atoms with Gasteiger partial charge in [-0.05, 0) is 31.0 Å². The lowest BCUT2D eigenvalue weighted by Crippen LogP contribution is -2.34. The van der Waals surface area contributed by atoms with Crippen molar-refractivity contribution in [3.05, 3.63) is 29.3 Å². The van der Waals surface area contributed by atoms with Crippen LogP contribution in [0.25, 0.3) is 0 Å². The second-order valence-corrected chi connectivity index (χ2v) is 4.03. The molecule has 1 aromatic rings. The van der Waals surface area contributed by atoms with Crippen LogP contribution in [0.3, 0.4) is 0 Å². The summed E-state index contributed by atoms with van der Waals surface area (Å²) >= 11 is 0. The number of amides is 1. The Bertz CT molecular complexity index is 443. The summed E-state index contributed by atoms with van der Waals surface area (Å²) in [7, 11) is 0. The summed E-state index contributed by atoms with van der Waals surface area (Å²) < 4.78 is 38.0. The lowest BCUT2D eigenvalue weighted by atomic mass is 10.1. The third kappa shape index (κ3) is 3.46. The molecule has 18 heavy (non-hydrogen) atoms.